The third kappa shape index (κ3) is 2.76. The van der Waals surface area contributed by atoms with Gasteiger partial charge in [-0.05, 0) is 43.1 Å². The van der Waals surface area contributed by atoms with Crippen molar-refractivity contribution < 1.29 is 0 Å². The summed E-state index contributed by atoms with van der Waals surface area (Å²) in [6, 6.07) is 4.23. The molecule has 0 aliphatic rings. The Morgan fingerprint density at radius 2 is 2.11 bits per heavy atom. The molecule has 0 radical (unpaired) electrons. The lowest BCUT2D eigenvalue weighted by Gasteiger charge is -2.11. The van der Waals surface area contributed by atoms with Crippen molar-refractivity contribution in [2.75, 3.05) is 7.05 Å². The number of aryl methyl sites for hydroxylation is 1. The van der Waals surface area contributed by atoms with Gasteiger partial charge in [0.05, 0.1) is 6.20 Å². The van der Waals surface area contributed by atoms with Gasteiger partial charge in [-0.15, -0.1) is 0 Å². The van der Waals surface area contributed by atoms with Gasteiger partial charge in [0.25, 0.3) is 0 Å². The van der Waals surface area contributed by atoms with Gasteiger partial charge < -0.3 is 5.32 Å². The normalized spacial score (nSPS) is 11.2. The number of hydrogen-bond donors (Lipinski definition) is 1. The molecule has 0 aromatic carbocycles. The maximum Gasteiger partial charge on any atom is 0.153 e. The molecule has 2 rings (SSSR count). The lowest BCUT2D eigenvalue weighted by atomic mass is 10.1. The van der Waals surface area contributed by atoms with Crippen LogP contribution in [0.4, 0.5) is 0 Å². The maximum absolute atomic E-state index is 4.67. The monoisotopic (exact) mass is 244 g/mol. The molecular weight excluding hydrogens is 224 g/mol. The van der Waals surface area contributed by atoms with Crippen LogP contribution in [0.5, 0.6) is 0 Å². The number of pyridine rings is 1. The second kappa shape index (κ2) is 5.31. The molecule has 0 aliphatic heterocycles. The van der Waals surface area contributed by atoms with Gasteiger partial charge in [0.2, 0.25) is 0 Å². The molecule has 2 heterocycles. The van der Waals surface area contributed by atoms with Crippen LogP contribution in [-0.4, -0.2) is 21.8 Å². The van der Waals surface area contributed by atoms with E-state index in [-0.39, 0.29) is 0 Å². The Balaban J connectivity index is 2.45. The predicted molar refractivity (Wildman–Crippen MR) is 72.9 cm³/mol. The fraction of sp³-hybridized carbons (Fsp3) is 0.429. The fourth-order valence-corrected chi connectivity index (χ4v) is 1.85. The number of rotatable bonds is 4. The zero-order valence-corrected chi connectivity index (χ0v) is 11.4. The van der Waals surface area contributed by atoms with Gasteiger partial charge in [-0.1, -0.05) is 13.8 Å². The average Bonchev–Trinajstić information content (AvgIpc) is 2.76. The minimum Gasteiger partial charge on any atom is -0.316 e. The first-order valence-corrected chi connectivity index (χ1v) is 6.27. The first kappa shape index (κ1) is 12.8. The molecule has 2 aromatic heterocycles. The number of nitrogens with one attached hydrogen (secondary N) is 1. The molecule has 4 heteroatoms. The van der Waals surface area contributed by atoms with Crippen molar-refractivity contribution in [3.8, 4) is 5.82 Å². The number of nitrogens with zero attached hydrogens (tertiary/aromatic N) is 3. The van der Waals surface area contributed by atoms with Crippen LogP contribution in [-0.2, 0) is 6.54 Å². The standard InChI is InChI=1S/C14H20N4/c1-10(2)13-5-12(8-15-4)6-14(17-13)18-9-11(3)7-16-18/h5-7,9-10,15H,8H2,1-4H3. The molecule has 96 valence electrons. The van der Waals surface area contributed by atoms with Crippen LogP contribution in [0.2, 0.25) is 0 Å². The molecule has 0 bridgehead atoms. The van der Waals surface area contributed by atoms with Crippen LogP contribution in [0, 0.1) is 6.92 Å². The maximum atomic E-state index is 4.67. The minimum atomic E-state index is 0.414. The molecule has 0 saturated carbocycles. The van der Waals surface area contributed by atoms with Crippen LogP contribution in [0.25, 0.3) is 5.82 Å². The summed E-state index contributed by atoms with van der Waals surface area (Å²) in [7, 11) is 1.95. The molecule has 1 N–H and O–H groups in total. The van der Waals surface area contributed by atoms with Crippen LogP contribution in [0.1, 0.15) is 36.6 Å². The largest absolute Gasteiger partial charge is 0.316 e. The summed E-state index contributed by atoms with van der Waals surface area (Å²) in [6.07, 6.45) is 3.84. The van der Waals surface area contributed by atoms with Gasteiger partial charge in [-0.25, -0.2) is 9.67 Å². The summed E-state index contributed by atoms with van der Waals surface area (Å²) in [4.78, 5) is 4.67. The molecule has 0 atom stereocenters. The van der Waals surface area contributed by atoms with Crippen LogP contribution in [0.3, 0.4) is 0 Å². The smallest absolute Gasteiger partial charge is 0.153 e. The molecule has 0 aliphatic carbocycles. The molecule has 0 saturated heterocycles. The minimum absolute atomic E-state index is 0.414. The third-order valence-corrected chi connectivity index (χ3v) is 2.81. The Hall–Kier alpha value is -1.68. The Bertz CT molecular complexity index is 528. The van der Waals surface area contributed by atoms with Gasteiger partial charge >= 0.3 is 0 Å². The van der Waals surface area contributed by atoms with Gasteiger partial charge in [0.15, 0.2) is 5.82 Å². The zero-order chi connectivity index (χ0) is 13.1. The lowest BCUT2D eigenvalue weighted by Crippen LogP contribution is -2.09. The van der Waals surface area contributed by atoms with E-state index in [9.17, 15) is 0 Å². The van der Waals surface area contributed by atoms with E-state index in [0.717, 1.165) is 23.6 Å². The summed E-state index contributed by atoms with van der Waals surface area (Å²) in [5.74, 6) is 1.30. The summed E-state index contributed by atoms with van der Waals surface area (Å²) in [6.45, 7) is 7.19. The molecule has 4 nitrogen and oxygen atoms in total. The van der Waals surface area contributed by atoms with Crippen molar-refractivity contribution in [1.29, 1.82) is 0 Å². The van der Waals surface area contributed by atoms with E-state index in [2.05, 4.69) is 41.4 Å². The first-order chi connectivity index (χ1) is 8.60. The molecule has 0 amide bonds. The predicted octanol–water partition coefficient (Wildman–Crippen LogP) is 2.42. The van der Waals surface area contributed by atoms with Crippen molar-refractivity contribution in [2.45, 2.75) is 33.2 Å². The Labute approximate surface area is 108 Å². The summed E-state index contributed by atoms with van der Waals surface area (Å²) in [5.41, 5.74) is 3.48. The zero-order valence-electron chi connectivity index (χ0n) is 11.4. The van der Waals surface area contributed by atoms with Crippen molar-refractivity contribution >= 4 is 0 Å². The molecule has 18 heavy (non-hydrogen) atoms. The van der Waals surface area contributed by atoms with Crippen LogP contribution < -0.4 is 5.32 Å². The van der Waals surface area contributed by atoms with Crippen molar-refractivity contribution in [3.63, 3.8) is 0 Å². The summed E-state index contributed by atoms with van der Waals surface area (Å²) < 4.78 is 1.83. The van der Waals surface area contributed by atoms with E-state index >= 15 is 0 Å². The fourth-order valence-electron chi connectivity index (χ4n) is 1.85. The van der Waals surface area contributed by atoms with E-state index < -0.39 is 0 Å². The topological polar surface area (TPSA) is 42.7 Å². The SMILES string of the molecule is CNCc1cc(C(C)C)nc(-n2cc(C)cn2)c1. The van der Waals surface area contributed by atoms with Gasteiger partial charge in [0.1, 0.15) is 0 Å². The average molecular weight is 244 g/mol. The number of hydrogen-bond acceptors (Lipinski definition) is 3. The van der Waals surface area contributed by atoms with E-state index in [4.69, 9.17) is 0 Å². The van der Waals surface area contributed by atoms with E-state index in [1.165, 1.54) is 5.56 Å². The van der Waals surface area contributed by atoms with Crippen LogP contribution >= 0.6 is 0 Å². The van der Waals surface area contributed by atoms with Crippen LogP contribution in [0.15, 0.2) is 24.5 Å². The molecular formula is C14H20N4. The Morgan fingerprint density at radius 1 is 1.33 bits per heavy atom. The second-order valence-corrected chi connectivity index (χ2v) is 4.91. The quantitative estimate of drug-likeness (QED) is 0.898. The van der Waals surface area contributed by atoms with Gasteiger partial charge in [-0.3, -0.25) is 0 Å². The van der Waals surface area contributed by atoms with Gasteiger partial charge in [0, 0.05) is 18.4 Å². The third-order valence-electron chi connectivity index (χ3n) is 2.81. The van der Waals surface area contributed by atoms with E-state index in [0.29, 0.717) is 5.92 Å². The van der Waals surface area contributed by atoms with E-state index in [1.54, 1.807) is 0 Å². The highest BCUT2D eigenvalue weighted by atomic mass is 15.3. The molecule has 2 aromatic rings. The van der Waals surface area contributed by atoms with Crippen molar-refractivity contribution in [3.05, 3.63) is 41.3 Å². The summed E-state index contributed by atoms with van der Waals surface area (Å²) >= 11 is 0. The molecule has 0 fully saturated rings. The molecule has 0 spiro atoms. The highest BCUT2D eigenvalue weighted by molar-refractivity contribution is 5.32. The van der Waals surface area contributed by atoms with Crippen molar-refractivity contribution in [2.24, 2.45) is 0 Å². The van der Waals surface area contributed by atoms with Gasteiger partial charge in [-0.2, -0.15) is 5.10 Å². The first-order valence-electron chi connectivity index (χ1n) is 6.27. The lowest BCUT2D eigenvalue weighted by molar-refractivity contribution is 0.760. The highest BCUT2D eigenvalue weighted by Crippen LogP contribution is 2.17. The van der Waals surface area contributed by atoms with E-state index in [1.807, 2.05) is 31.0 Å². The second-order valence-electron chi connectivity index (χ2n) is 4.91. The summed E-state index contributed by atoms with van der Waals surface area (Å²) in [5, 5.41) is 7.50. The highest BCUT2D eigenvalue weighted by Gasteiger charge is 2.08. The molecule has 0 unspecified atom stereocenters. The Kier molecular flexibility index (Phi) is 3.77. The van der Waals surface area contributed by atoms with Crippen molar-refractivity contribution in [1.82, 2.24) is 20.1 Å². The number of aromatic nitrogens is 3. The Morgan fingerprint density at radius 3 is 2.67 bits per heavy atom.